The molecule has 0 amide bonds. The summed E-state index contributed by atoms with van der Waals surface area (Å²) in [6, 6.07) is 0. The van der Waals surface area contributed by atoms with Crippen molar-refractivity contribution in [2.45, 2.75) is 11.8 Å². The minimum atomic E-state index is -4.77. The maximum absolute atomic E-state index is 12.7. The van der Waals surface area contributed by atoms with Gasteiger partial charge in [0, 0.05) is 0 Å². The van der Waals surface area contributed by atoms with Crippen LogP contribution in [0.25, 0.3) is 11.0 Å². The van der Waals surface area contributed by atoms with Crippen molar-refractivity contribution in [2.75, 3.05) is 18.0 Å². The number of β-amino-alcohol motifs (C(OH)–C–C–N with tert-alkyl or cyclic N) is 1. The summed E-state index contributed by atoms with van der Waals surface area (Å²) < 4.78 is 38.0. The largest absolute Gasteiger partial charge is 0.492 e. The second kappa shape index (κ2) is 4.67. The van der Waals surface area contributed by atoms with Gasteiger partial charge >= 0.3 is 6.18 Å². The third-order valence-corrected chi connectivity index (χ3v) is 3.52. The number of aliphatic hydroxyl groups is 1. The summed E-state index contributed by atoms with van der Waals surface area (Å²) in [6.07, 6.45) is -4.77. The number of aromatic hydroxyl groups is 1. The number of fused-ring (bicyclic) bond motifs is 1. The zero-order valence-corrected chi connectivity index (χ0v) is 11.9. The molecule has 0 spiro atoms. The van der Waals surface area contributed by atoms with Gasteiger partial charge in [0.05, 0.1) is 13.1 Å². The van der Waals surface area contributed by atoms with Gasteiger partial charge in [0.1, 0.15) is 5.52 Å². The summed E-state index contributed by atoms with van der Waals surface area (Å²) in [5, 5.41) is 18.5. The van der Waals surface area contributed by atoms with Gasteiger partial charge in [0.25, 0.3) is 0 Å². The normalized spacial score (nSPS) is 17.6. The van der Waals surface area contributed by atoms with E-state index >= 15 is 0 Å². The molecule has 1 aliphatic heterocycles. The third-order valence-electron chi connectivity index (χ3n) is 3.18. The summed E-state index contributed by atoms with van der Waals surface area (Å²) >= 11 is 11.3. The third kappa shape index (κ3) is 2.27. The van der Waals surface area contributed by atoms with Gasteiger partial charge < -0.3 is 15.1 Å². The first kappa shape index (κ1) is 15.3. The maximum Gasteiger partial charge on any atom is 0.420 e. The van der Waals surface area contributed by atoms with E-state index in [-0.39, 0.29) is 27.4 Å². The number of nitrogens with zero attached hydrogens (tertiary/aromatic N) is 5. The molecule has 0 radical (unpaired) electrons. The standard InChI is InChI=1S/C10H6Cl2F3N5O2/c11-7-17-4-3(16-8(12)19-6(4)21)5(18-7)20-1-9(22,2-20)10(13,14)15/h22H,1-2H2,(H,16,19,21). The Morgan fingerprint density at radius 3 is 2.14 bits per heavy atom. The molecular weight excluding hydrogens is 350 g/mol. The van der Waals surface area contributed by atoms with Crippen molar-refractivity contribution < 1.29 is 23.4 Å². The van der Waals surface area contributed by atoms with Crippen molar-refractivity contribution in [2.24, 2.45) is 0 Å². The first-order chi connectivity index (χ1) is 10.1. The highest BCUT2D eigenvalue weighted by molar-refractivity contribution is 6.29. The first-order valence-electron chi connectivity index (χ1n) is 5.74. The number of hydrogen-bond acceptors (Lipinski definition) is 7. The van der Waals surface area contributed by atoms with Crippen molar-refractivity contribution in [1.82, 2.24) is 19.9 Å². The van der Waals surface area contributed by atoms with Crippen LogP contribution in [0.15, 0.2) is 0 Å². The molecule has 118 valence electrons. The molecule has 0 bridgehead atoms. The van der Waals surface area contributed by atoms with Crippen molar-refractivity contribution in [3.63, 3.8) is 0 Å². The highest BCUT2D eigenvalue weighted by atomic mass is 35.5. The van der Waals surface area contributed by atoms with E-state index in [1.54, 1.807) is 0 Å². The molecule has 0 aliphatic carbocycles. The maximum atomic E-state index is 12.7. The molecule has 1 fully saturated rings. The van der Waals surface area contributed by atoms with E-state index in [2.05, 4.69) is 19.9 Å². The zero-order valence-electron chi connectivity index (χ0n) is 10.4. The van der Waals surface area contributed by atoms with Crippen LogP contribution in [-0.2, 0) is 0 Å². The molecule has 7 nitrogen and oxygen atoms in total. The minimum Gasteiger partial charge on any atom is -0.492 e. The van der Waals surface area contributed by atoms with Crippen LogP contribution in [0.5, 0.6) is 5.88 Å². The molecule has 0 atom stereocenters. The Hall–Kier alpha value is -1.65. The summed E-state index contributed by atoms with van der Waals surface area (Å²) in [6.45, 7) is -1.50. The topological polar surface area (TPSA) is 95.3 Å². The highest BCUT2D eigenvalue weighted by Gasteiger charge is 2.61. The van der Waals surface area contributed by atoms with E-state index in [4.69, 9.17) is 23.2 Å². The lowest BCUT2D eigenvalue weighted by Crippen LogP contribution is -2.69. The van der Waals surface area contributed by atoms with Crippen LogP contribution < -0.4 is 4.90 Å². The van der Waals surface area contributed by atoms with Gasteiger partial charge in [-0.1, -0.05) is 0 Å². The van der Waals surface area contributed by atoms with E-state index in [0.717, 1.165) is 4.90 Å². The molecule has 0 unspecified atom stereocenters. The monoisotopic (exact) mass is 355 g/mol. The summed E-state index contributed by atoms with van der Waals surface area (Å²) in [5.74, 6) is -0.657. The molecule has 22 heavy (non-hydrogen) atoms. The molecule has 2 aromatic heterocycles. The molecule has 2 aromatic rings. The van der Waals surface area contributed by atoms with Crippen LogP contribution in [0.4, 0.5) is 19.0 Å². The van der Waals surface area contributed by atoms with Crippen molar-refractivity contribution in [3.8, 4) is 5.88 Å². The van der Waals surface area contributed by atoms with E-state index in [9.17, 15) is 23.4 Å². The molecule has 1 saturated heterocycles. The Bertz CT molecular complexity index is 766. The number of aromatic nitrogens is 4. The van der Waals surface area contributed by atoms with E-state index < -0.39 is 30.7 Å². The van der Waals surface area contributed by atoms with Gasteiger partial charge in [0.2, 0.25) is 16.4 Å². The fourth-order valence-electron chi connectivity index (χ4n) is 2.07. The average molecular weight is 356 g/mol. The van der Waals surface area contributed by atoms with Crippen LogP contribution >= 0.6 is 23.2 Å². The van der Waals surface area contributed by atoms with Crippen LogP contribution in [0.3, 0.4) is 0 Å². The predicted molar refractivity (Wildman–Crippen MR) is 70.0 cm³/mol. The first-order valence-corrected chi connectivity index (χ1v) is 6.50. The number of rotatable bonds is 1. The van der Waals surface area contributed by atoms with Crippen molar-refractivity contribution >= 4 is 40.1 Å². The predicted octanol–water partition coefficient (Wildman–Crippen LogP) is 1.55. The van der Waals surface area contributed by atoms with Gasteiger partial charge in [-0.2, -0.15) is 23.1 Å². The minimum absolute atomic E-state index is 0.0638. The van der Waals surface area contributed by atoms with Gasteiger partial charge in [0.15, 0.2) is 16.9 Å². The van der Waals surface area contributed by atoms with Crippen LogP contribution in [-0.4, -0.2) is 55.0 Å². The Morgan fingerprint density at radius 1 is 1.00 bits per heavy atom. The molecular formula is C10H6Cl2F3N5O2. The van der Waals surface area contributed by atoms with Crippen LogP contribution in [0.2, 0.25) is 10.6 Å². The molecule has 1 aliphatic rings. The van der Waals surface area contributed by atoms with Gasteiger partial charge in [-0.3, -0.25) is 0 Å². The quantitative estimate of drug-likeness (QED) is 0.749. The Kier molecular flexibility index (Phi) is 3.24. The van der Waals surface area contributed by atoms with Gasteiger partial charge in [-0.05, 0) is 23.2 Å². The Labute approximate surface area is 130 Å². The second-order valence-electron chi connectivity index (χ2n) is 4.72. The summed E-state index contributed by atoms with van der Waals surface area (Å²) in [4.78, 5) is 15.9. The molecule has 2 N–H and O–H groups in total. The average Bonchev–Trinajstić information content (AvgIpc) is 2.34. The zero-order chi connectivity index (χ0) is 16.3. The number of anilines is 1. The summed E-state index contributed by atoms with van der Waals surface area (Å²) in [7, 11) is 0. The fourth-order valence-corrected chi connectivity index (χ4v) is 2.40. The van der Waals surface area contributed by atoms with Crippen molar-refractivity contribution in [1.29, 1.82) is 0 Å². The smallest absolute Gasteiger partial charge is 0.420 e. The number of hydrogen-bond donors (Lipinski definition) is 2. The molecule has 3 rings (SSSR count). The molecule has 0 saturated carbocycles. The van der Waals surface area contributed by atoms with Gasteiger partial charge in [-0.25, -0.2) is 9.97 Å². The second-order valence-corrected chi connectivity index (χ2v) is 5.39. The van der Waals surface area contributed by atoms with Crippen LogP contribution in [0.1, 0.15) is 0 Å². The lowest BCUT2D eigenvalue weighted by Gasteiger charge is -2.47. The van der Waals surface area contributed by atoms with E-state index in [0.29, 0.717) is 0 Å². The van der Waals surface area contributed by atoms with Crippen molar-refractivity contribution in [3.05, 3.63) is 10.6 Å². The number of halogens is 5. The lowest BCUT2D eigenvalue weighted by atomic mass is 9.93. The van der Waals surface area contributed by atoms with E-state index in [1.807, 2.05) is 0 Å². The molecule has 3 heterocycles. The Morgan fingerprint density at radius 2 is 1.55 bits per heavy atom. The summed E-state index contributed by atoms with van der Waals surface area (Å²) in [5.41, 5.74) is -3.05. The fraction of sp³-hybridized carbons (Fsp3) is 0.400. The molecule has 0 aromatic carbocycles. The lowest BCUT2D eigenvalue weighted by molar-refractivity contribution is -0.267. The van der Waals surface area contributed by atoms with Crippen LogP contribution in [0, 0.1) is 0 Å². The highest BCUT2D eigenvalue weighted by Crippen LogP contribution is 2.41. The van der Waals surface area contributed by atoms with Gasteiger partial charge in [-0.15, -0.1) is 0 Å². The molecule has 12 heteroatoms. The SMILES string of the molecule is Oc1nc(Cl)nc2c(N3CC(O)(C(F)(F)F)C3)nc(Cl)nc12. The Balaban J connectivity index is 2.06. The number of alkyl halides is 3. The van der Waals surface area contributed by atoms with E-state index in [1.165, 1.54) is 0 Å².